The third-order valence-electron chi connectivity index (χ3n) is 3.32. The van der Waals surface area contributed by atoms with Gasteiger partial charge in [0.2, 0.25) is 0 Å². The van der Waals surface area contributed by atoms with E-state index >= 15 is 0 Å². The number of fused-ring (bicyclic) bond motifs is 1. The SMILES string of the molecule is CSC(CO)C(C)NC(=O)c1cccc2c1OCCN2. The summed E-state index contributed by atoms with van der Waals surface area (Å²) in [5.41, 5.74) is 1.37. The Morgan fingerprint density at radius 3 is 3.10 bits per heavy atom. The number of carbonyl (C=O) groups excluding carboxylic acids is 1. The molecule has 0 aliphatic carbocycles. The van der Waals surface area contributed by atoms with Crippen molar-refractivity contribution >= 4 is 23.4 Å². The molecule has 0 fully saturated rings. The van der Waals surface area contributed by atoms with Gasteiger partial charge in [-0.25, -0.2) is 0 Å². The van der Waals surface area contributed by atoms with Crippen molar-refractivity contribution in [1.82, 2.24) is 5.32 Å². The average molecular weight is 296 g/mol. The van der Waals surface area contributed by atoms with Gasteiger partial charge < -0.3 is 20.5 Å². The summed E-state index contributed by atoms with van der Waals surface area (Å²) in [6.07, 6.45) is 1.92. The van der Waals surface area contributed by atoms with Gasteiger partial charge in [-0.3, -0.25) is 4.79 Å². The van der Waals surface area contributed by atoms with Crippen LogP contribution >= 0.6 is 11.8 Å². The van der Waals surface area contributed by atoms with Gasteiger partial charge in [-0.1, -0.05) is 6.07 Å². The lowest BCUT2D eigenvalue weighted by Gasteiger charge is -2.24. The van der Waals surface area contributed by atoms with Crippen molar-refractivity contribution in [1.29, 1.82) is 0 Å². The molecule has 6 heteroatoms. The van der Waals surface area contributed by atoms with E-state index in [1.54, 1.807) is 6.07 Å². The fourth-order valence-corrected chi connectivity index (χ4v) is 2.79. The van der Waals surface area contributed by atoms with Gasteiger partial charge in [-0.15, -0.1) is 0 Å². The van der Waals surface area contributed by atoms with Gasteiger partial charge in [0.1, 0.15) is 6.61 Å². The molecule has 2 atom stereocenters. The number of carbonyl (C=O) groups is 1. The number of para-hydroxylation sites is 1. The largest absolute Gasteiger partial charge is 0.489 e. The van der Waals surface area contributed by atoms with Gasteiger partial charge in [0.05, 0.1) is 17.9 Å². The van der Waals surface area contributed by atoms with E-state index in [1.807, 2.05) is 25.3 Å². The number of thioether (sulfide) groups is 1. The normalized spacial score (nSPS) is 16.4. The Labute approximate surface area is 123 Å². The molecule has 0 bridgehead atoms. The molecule has 20 heavy (non-hydrogen) atoms. The van der Waals surface area contributed by atoms with Crippen LogP contribution in [0.3, 0.4) is 0 Å². The van der Waals surface area contributed by atoms with Gasteiger partial charge in [-0.2, -0.15) is 11.8 Å². The smallest absolute Gasteiger partial charge is 0.255 e. The molecule has 1 aliphatic rings. The number of rotatable bonds is 5. The first-order valence-electron chi connectivity index (χ1n) is 6.61. The Bertz CT molecular complexity index is 477. The Hall–Kier alpha value is -1.40. The molecule has 2 unspecified atom stereocenters. The van der Waals surface area contributed by atoms with Crippen LogP contribution in [0.5, 0.6) is 5.75 Å². The Balaban J connectivity index is 2.13. The number of aliphatic hydroxyl groups excluding tert-OH is 1. The summed E-state index contributed by atoms with van der Waals surface area (Å²) < 4.78 is 5.59. The summed E-state index contributed by atoms with van der Waals surface area (Å²) in [6.45, 7) is 3.22. The molecule has 1 heterocycles. The molecular formula is C14H20N2O3S. The van der Waals surface area contributed by atoms with Crippen LogP contribution in [0.15, 0.2) is 18.2 Å². The molecule has 0 aromatic heterocycles. The summed E-state index contributed by atoms with van der Waals surface area (Å²) in [5.74, 6) is 0.429. The monoisotopic (exact) mass is 296 g/mol. The standard InChI is InChI=1S/C14H20N2O3S/c1-9(12(8-17)20-2)16-14(18)10-4-3-5-11-13(10)19-7-6-15-11/h3-5,9,12,15,17H,6-8H2,1-2H3,(H,16,18). The minimum absolute atomic E-state index is 0.0162. The zero-order valence-corrected chi connectivity index (χ0v) is 12.5. The molecule has 0 saturated carbocycles. The van der Waals surface area contributed by atoms with E-state index in [1.165, 1.54) is 11.8 Å². The molecule has 5 nitrogen and oxygen atoms in total. The molecule has 0 radical (unpaired) electrons. The number of nitrogens with one attached hydrogen (secondary N) is 2. The third kappa shape index (κ3) is 3.19. The van der Waals surface area contributed by atoms with E-state index in [4.69, 9.17) is 4.74 Å². The maximum Gasteiger partial charge on any atom is 0.255 e. The molecule has 0 spiro atoms. The van der Waals surface area contributed by atoms with E-state index in [0.717, 1.165) is 12.2 Å². The Morgan fingerprint density at radius 2 is 2.40 bits per heavy atom. The number of amides is 1. The first-order chi connectivity index (χ1) is 9.67. The van der Waals surface area contributed by atoms with Crippen LogP contribution in [-0.4, -0.2) is 48.3 Å². The van der Waals surface area contributed by atoms with E-state index in [9.17, 15) is 9.90 Å². The van der Waals surface area contributed by atoms with E-state index in [-0.39, 0.29) is 23.8 Å². The van der Waals surface area contributed by atoms with Crippen molar-refractivity contribution in [2.24, 2.45) is 0 Å². The lowest BCUT2D eigenvalue weighted by molar-refractivity contribution is 0.0932. The van der Waals surface area contributed by atoms with Crippen LogP contribution in [0.1, 0.15) is 17.3 Å². The highest BCUT2D eigenvalue weighted by atomic mass is 32.2. The lowest BCUT2D eigenvalue weighted by atomic mass is 10.1. The predicted molar refractivity (Wildman–Crippen MR) is 81.7 cm³/mol. The molecule has 110 valence electrons. The molecule has 1 aromatic rings. The van der Waals surface area contributed by atoms with Gasteiger partial charge in [-0.05, 0) is 25.3 Å². The maximum atomic E-state index is 12.4. The van der Waals surface area contributed by atoms with Gasteiger partial charge in [0.25, 0.3) is 5.91 Å². The molecule has 1 aromatic carbocycles. The quantitative estimate of drug-likeness (QED) is 0.765. The fraction of sp³-hybridized carbons (Fsp3) is 0.500. The predicted octanol–water partition coefficient (Wildman–Crippen LogP) is 1.33. The molecule has 1 amide bonds. The van der Waals surface area contributed by atoms with Gasteiger partial charge >= 0.3 is 0 Å². The molecular weight excluding hydrogens is 276 g/mol. The maximum absolute atomic E-state index is 12.4. The Kier molecular flexibility index (Phi) is 5.14. The van der Waals surface area contributed by atoms with Crippen molar-refractivity contribution in [2.45, 2.75) is 18.2 Å². The lowest BCUT2D eigenvalue weighted by Crippen LogP contribution is -2.41. The second-order valence-electron chi connectivity index (χ2n) is 4.68. The second kappa shape index (κ2) is 6.85. The third-order valence-corrected chi connectivity index (χ3v) is 4.49. The number of anilines is 1. The highest BCUT2D eigenvalue weighted by Gasteiger charge is 2.22. The number of hydrogen-bond donors (Lipinski definition) is 3. The van der Waals surface area contributed by atoms with Crippen molar-refractivity contribution in [3.8, 4) is 5.75 Å². The van der Waals surface area contributed by atoms with Gasteiger partial charge in [0, 0.05) is 17.8 Å². The zero-order valence-electron chi connectivity index (χ0n) is 11.7. The van der Waals surface area contributed by atoms with Crippen LogP contribution in [-0.2, 0) is 0 Å². The van der Waals surface area contributed by atoms with Crippen LogP contribution in [0.4, 0.5) is 5.69 Å². The molecule has 0 saturated heterocycles. The molecule has 2 rings (SSSR count). The summed E-state index contributed by atoms with van der Waals surface area (Å²) >= 11 is 1.54. The molecule has 1 aliphatic heterocycles. The summed E-state index contributed by atoms with van der Waals surface area (Å²) in [6, 6.07) is 5.36. The van der Waals surface area contributed by atoms with E-state index < -0.39 is 0 Å². The fourth-order valence-electron chi connectivity index (χ4n) is 2.16. The highest BCUT2D eigenvalue weighted by Crippen LogP contribution is 2.31. The van der Waals surface area contributed by atoms with Crippen LogP contribution in [0.25, 0.3) is 0 Å². The van der Waals surface area contributed by atoms with Crippen molar-refractivity contribution < 1.29 is 14.6 Å². The first kappa shape index (κ1) is 15.0. The topological polar surface area (TPSA) is 70.6 Å². The first-order valence-corrected chi connectivity index (χ1v) is 7.90. The minimum Gasteiger partial charge on any atom is -0.489 e. The van der Waals surface area contributed by atoms with Crippen LogP contribution < -0.4 is 15.4 Å². The van der Waals surface area contributed by atoms with Crippen molar-refractivity contribution in [3.05, 3.63) is 23.8 Å². The average Bonchev–Trinajstić information content (AvgIpc) is 2.47. The van der Waals surface area contributed by atoms with Crippen LogP contribution in [0.2, 0.25) is 0 Å². The Morgan fingerprint density at radius 1 is 1.60 bits per heavy atom. The van der Waals surface area contributed by atoms with Gasteiger partial charge in [0.15, 0.2) is 5.75 Å². The summed E-state index contributed by atoms with van der Waals surface area (Å²) in [5, 5.41) is 15.4. The number of benzene rings is 1. The van der Waals surface area contributed by atoms with E-state index in [2.05, 4.69) is 10.6 Å². The van der Waals surface area contributed by atoms with Crippen molar-refractivity contribution in [3.63, 3.8) is 0 Å². The number of aliphatic hydroxyl groups is 1. The summed E-state index contributed by atoms with van der Waals surface area (Å²) in [7, 11) is 0. The second-order valence-corrected chi connectivity index (χ2v) is 5.75. The highest BCUT2D eigenvalue weighted by molar-refractivity contribution is 7.99. The number of ether oxygens (including phenoxy) is 1. The van der Waals surface area contributed by atoms with E-state index in [0.29, 0.717) is 17.9 Å². The van der Waals surface area contributed by atoms with Crippen molar-refractivity contribution in [2.75, 3.05) is 31.3 Å². The number of hydrogen-bond acceptors (Lipinski definition) is 5. The minimum atomic E-state index is -0.175. The summed E-state index contributed by atoms with van der Waals surface area (Å²) in [4.78, 5) is 12.4. The van der Waals surface area contributed by atoms with Crippen LogP contribution in [0, 0.1) is 0 Å². The molecule has 3 N–H and O–H groups in total. The zero-order chi connectivity index (χ0) is 14.5.